The molecule has 1 aliphatic carbocycles. The highest BCUT2D eigenvalue weighted by Gasteiger charge is 2.27. The van der Waals surface area contributed by atoms with Crippen molar-refractivity contribution in [3.05, 3.63) is 36.5 Å². The lowest BCUT2D eigenvalue weighted by molar-refractivity contribution is -0.115. The van der Waals surface area contributed by atoms with Crippen LogP contribution in [-0.2, 0) is 11.2 Å². The molecule has 1 aliphatic rings. The summed E-state index contributed by atoms with van der Waals surface area (Å²) in [7, 11) is 0. The summed E-state index contributed by atoms with van der Waals surface area (Å²) in [6, 6.07) is 6.28. The number of anilines is 1. The van der Waals surface area contributed by atoms with Crippen LogP contribution in [0, 0.1) is 17.2 Å². The van der Waals surface area contributed by atoms with Crippen molar-refractivity contribution in [3.63, 3.8) is 0 Å². The largest absolute Gasteiger partial charge is 0.346 e. The smallest absolute Gasteiger partial charge is 0.233 e. The first kappa shape index (κ1) is 18.4. The van der Waals surface area contributed by atoms with Crippen LogP contribution in [0.15, 0.2) is 30.7 Å². The maximum atomic E-state index is 12.7. The van der Waals surface area contributed by atoms with Crippen LogP contribution >= 0.6 is 0 Å². The van der Waals surface area contributed by atoms with Gasteiger partial charge in [0, 0.05) is 36.3 Å². The van der Waals surface area contributed by atoms with Gasteiger partial charge in [0.2, 0.25) is 5.91 Å². The van der Waals surface area contributed by atoms with E-state index in [2.05, 4.69) is 36.1 Å². The van der Waals surface area contributed by atoms with Crippen molar-refractivity contribution in [1.29, 1.82) is 5.26 Å². The molecule has 1 amide bonds. The second kappa shape index (κ2) is 7.63. The quantitative estimate of drug-likeness (QED) is 0.471. The van der Waals surface area contributed by atoms with Gasteiger partial charge in [-0.05, 0) is 37.7 Å². The van der Waals surface area contributed by atoms with Crippen molar-refractivity contribution in [1.82, 2.24) is 29.7 Å². The van der Waals surface area contributed by atoms with Crippen LogP contribution in [0.5, 0.6) is 0 Å². The fraction of sp³-hybridized carbons (Fsp3) is 0.381. The number of H-pyrrole nitrogens is 2. The van der Waals surface area contributed by atoms with Gasteiger partial charge in [-0.25, -0.2) is 9.97 Å². The van der Waals surface area contributed by atoms with Crippen molar-refractivity contribution < 1.29 is 4.79 Å². The SMILES string of the molecule is N#CCC1CCC(n2c(CC(=O)Nc3cc[nH]n3)nc3cnc4[nH]ccc4c32)CC1. The first-order valence-electron chi connectivity index (χ1n) is 10.2. The Labute approximate surface area is 172 Å². The number of aromatic amines is 2. The predicted octanol–water partition coefficient (Wildman–Crippen LogP) is 3.46. The van der Waals surface area contributed by atoms with Gasteiger partial charge in [0.05, 0.1) is 24.2 Å². The molecule has 0 saturated heterocycles. The number of hydrogen-bond donors (Lipinski definition) is 3. The summed E-state index contributed by atoms with van der Waals surface area (Å²) in [5.41, 5.74) is 2.63. The number of imidazole rings is 1. The average molecular weight is 402 g/mol. The molecule has 4 aromatic rings. The molecule has 152 valence electrons. The number of nitrogens with one attached hydrogen (secondary N) is 3. The first-order valence-corrected chi connectivity index (χ1v) is 10.2. The van der Waals surface area contributed by atoms with E-state index in [1.807, 2.05) is 12.3 Å². The average Bonchev–Trinajstić information content (AvgIpc) is 3.47. The van der Waals surface area contributed by atoms with Gasteiger partial charge in [-0.3, -0.25) is 9.89 Å². The number of carbonyl (C=O) groups is 1. The second-order valence-electron chi connectivity index (χ2n) is 7.85. The van der Waals surface area contributed by atoms with Gasteiger partial charge in [0.25, 0.3) is 0 Å². The monoisotopic (exact) mass is 402 g/mol. The van der Waals surface area contributed by atoms with E-state index >= 15 is 0 Å². The lowest BCUT2D eigenvalue weighted by Crippen LogP contribution is -2.23. The number of fused-ring (bicyclic) bond motifs is 3. The topological polar surface area (TPSA) is 128 Å². The van der Waals surface area contributed by atoms with Crippen LogP contribution in [0.3, 0.4) is 0 Å². The second-order valence-corrected chi connectivity index (χ2v) is 7.85. The van der Waals surface area contributed by atoms with Crippen molar-refractivity contribution in [2.75, 3.05) is 5.32 Å². The number of nitrogens with zero attached hydrogens (tertiary/aromatic N) is 5. The van der Waals surface area contributed by atoms with E-state index < -0.39 is 0 Å². The van der Waals surface area contributed by atoms with E-state index in [1.165, 1.54) is 0 Å². The standard InChI is InChI=1S/C21H22N8O/c22-8-5-13-1-3-14(4-2-13)29-18(11-19(30)27-17-7-10-25-28-17)26-16-12-24-21-15(20(16)29)6-9-23-21/h6-7,9-10,12-14H,1-5,11H2,(H,23,24)(H2,25,27,28,30). The maximum absolute atomic E-state index is 12.7. The summed E-state index contributed by atoms with van der Waals surface area (Å²) in [6.45, 7) is 0. The van der Waals surface area contributed by atoms with Gasteiger partial charge in [0.15, 0.2) is 5.82 Å². The molecule has 0 atom stereocenters. The molecule has 1 fully saturated rings. The maximum Gasteiger partial charge on any atom is 0.233 e. The van der Waals surface area contributed by atoms with E-state index in [-0.39, 0.29) is 18.4 Å². The fourth-order valence-electron chi connectivity index (χ4n) is 4.56. The highest BCUT2D eigenvalue weighted by atomic mass is 16.1. The van der Waals surface area contributed by atoms with E-state index in [0.717, 1.165) is 53.6 Å². The van der Waals surface area contributed by atoms with Crippen LogP contribution in [0.2, 0.25) is 0 Å². The number of hydrogen-bond acceptors (Lipinski definition) is 5. The zero-order valence-corrected chi connectivity index (χ0v) is 16.4. The minimum absolute atomic E-state index is 0.157. The zero-order valence-electron chi connectivity index (χ0n) is 16.4. The molecular weight excluding hydrogens is 380 g/mol. The van der Waals surface area contributed by atoms with E-state index in [0.29, 0.717) is 18.2 Å². The zero-order chi connectivity index (χ0) is 20.5. The first-order chi connectivity index (χ1) is 14.7. The summed E-state index contributed by atoms with van der Waals surface area (Å²) in [6.07, 6.45) is 10.0. The van der Waals surface area contributed by atoms with Crippen LogP contribution in [0.1, 0.15) is 44.0 Å². The minimum Gasteiger partial charge on any atom is -0.346 e. The highest BCUT2D eigenvalue weighted by molar-refractivity contribution is 6.01. The third-order valence-corrected chi connectivity index (χ3v) is 5.96. The van der Waals surface area contributed by atoms with Crippen molar-refractivity contribution in [2.45, 2.75) is 44.6 Å². The Morgan fingerprint density at radius 2 is 2.13 bits per heavy atom. The van der Waals surface area contributed by atoms with Crippen LogP contribution < -0.4 is 5.32 Å². The molecule has 30 heavy (non-hydrogen) atoms. The van der Waals surface area contributed by atoms with E-state index in [4.69, 9.17) is 10.2 Å². The number of carbonyl (C=O) groups excluding carboxylic acids is 1. The predicted molar refractivity (Wildman–Crippen MR) is 112 cm³/mol. The van der Waals surface area contributed by atoms with E-state index in [1.54, 1.807) is 18.5 Å². The Morgan fingerprint density at radius 1 is 1.27 bits per heavy atom. The van der Waals surface area contributed by atoms with Crippen LogP contribution in [0.4, 0.5) is 5.82 Å². The lowest BCUT2D eigenvalue weighted by Gasteiger charge is -2.29. The lowest BCUT2D eigenvalue weighted by atomic mass is 9.84. The van der Waals surface area contributed by atoms with Crippen molar-refractivity contribution >= 4 is 33.8 Å². The Kier molecular flexibility index (Phi) is 4.67. The van der Waals surface area contributed by atoms with E-state index in [9.17, 15) is 4.79 Å². The molecule has 4 heterocycles. The molecule has 5 rings (SSSR count). The van der Waals surface area contributed by atoms with Gasteiger partial charge >= 0.3 is 0 Å². The Balaban J connectivity index is 1.52. The minimum atomic E-state index is -0.157. The molecule has 1 saturated carbocycles. The highest BCUT2D eigenvalue weighted by Crippen LogP contribution is 2.38. The van der Waals surface area contributed by atoms with Gasteiger partial charge in [-0.2, -0.15) is 10.4 Å². The van der Waals surface area contributed by atoms with Gasteiger partial charge < -0.3 is 14.9 Å². The third kappa shape index (κ3) is 3.30. The fourth-order valence-corrected chi connectivity index (χ4v) is 4.56. The Bertz CT molecular complexity index is 1220. The Morgan fingerprint density at radius 3 is 2.90 bits per heavy atom. The molecule has 0 aliphatic heterocycles. The molecule has 4 aromatic heterocycles. The van der Waals surface area contributed by atoms with Gasteiger partial charge in [-0.15, -0.1) is 0 Å². The number of rotatable bonds is 5. The summed E-state index contributed by atoms with van der Waals surface area (Å²) in [5.74, 6) is 1.53. The molecule has 9 heteroatoms. The van der Waals surface area contributed by atoms with Crippen molar-refractivity contribution in [3.8, 4) is 6.07 Å². The molecule has 0 spiro atoms. The Hall–Kier alpha value is -3.67. The van der Waals surface area contributed by atoms with Crippen LogP contribution in [-0.4, -0.2) is 35.6 Å². The molecule has 9 nitrogen and oxygen atoms in total. The molecule has 0 aromatic carbocycles. The summed E-state index contributed by atoms with van der Waals surface area (Å²) in [4.78, 5) is 25.1. The van der Waals surface area contributed by atoms with Gasteiger partial charge in [-0.1, -0.05) is 0 Å². The number of pyridine rings is 1. The molecule has 0 unspecified atom stereocenters. The summed E-state index contributed by atoms with van der Waals surface area (Å²) >= 11 is 0. The molecular formula is C21H22N8O. The normalized spacial score (nSPS) is 19.2. The summed E-state index contributed by atoms with van der Waals surface area (Å²) in [5, 5.41) is 19.5. The number of nitriles is 1. The number of aromatic nitrogens is 6. The van der Waals surface area contributed by atoms with Crippen molar-refractivity contribution in [2.24, 2.45) is 5.92 Å². The molecule has 0 radical (unpaired) electrons. The summed E-state index contributed by atoms with van der Waals surface area (Å²) < 4.78 is 2.24. The van der Waals surface area contributed by atoms with Gasteiger partial charge in [0.1, 0.15) is 17.0 Å². The molecule has 3 N–H and O–H groups in total. The third-order valence-electron chi connectivity index (χ3n) is 5.96. The molecule has 0 bridgehead atoms. The van der Waals surface area contributed by atoms with Crippen LogP contribution in [0.25, 0.3) is 22.1 Å². The number of amides is 1.